The molecule has 0 fully saturated rings. The Bertz CT molecular complexity index is 281. The van der Waals surface area contributed by atoms with Crippen molar-refractivity contribution in [1.82, 2.24) is 15.5 Å². The molecule has 0 radical (unpaired) electrons. The molecular weight excluding hydrogens is 190 g/mol. The molecule has 0 amide bonds. The summed E-state index contributed by atoms with van der Waals surface area (Å²) in [5.41, 5.74) is 0. The quantitative estimate of drug-likeness (QED) is 0.784. The third-order valence-electron chi connectivity index (χ3n) is 2.90. The van der Waals surface area contributed by atoms with Crippen molar-refractivity contribution in [3.8, 4) is 0 Å². The zero-order chi connectivity index (χ0) is 11.3. The molecule has 1 aromatic rings. The highest BCUT2D eigenvalue weighted by molar-refractivity contribution is 4.80. The zero-order valence-electron chi connectivity index (χ0n) is 10.1. The van der Waals surface area contributed by atoms with Gasteiger partial charge in [0.15, 0.2) is 0 Å². The van der Waals surface area contributed by atoms with E-state index in [4.69, 9.17) is 4.42 Å². The molecule has 0 aliphatic carbocycles. The molecule has 0 aromatic carbocycles. The molecule has 86 valence electrons. The Morgan fingerprint density at radius 3 is 2.40 bits per heavy atom. The lowest BCUT2D eigenvalue weighted by atomic mass is 9.95. The van der Waals surface area contributed by atoms with E-state index in [1.165, 1.54) is 12.8 Å². The molecule has 1 aromatic heterocycles. The van der Waals surface area contributed by atoms with Crippen molar-refractivity contribution >= 4 is 0 Å². The normalized spacial score (nSPS) is 13.4. The number of aryl methyl sites for hydroxylation is 1. The van der Waals surface area contributed by atoms with Crippen molar-refractivity contribution in [1.29, 1.82) is 0 Å². The highest BCUT2D eigenvalue weighted by Gasteiger charge is 2.13. The van der Waals surface area contributed by atoms with Gasteiger partial charge in [-0.25, -0.2) is 0 Å². The van der Waals surface area contributed by atoms with Crippen molar-refractivity contribution in [3.05, 3.63) is 11.8 Å². The van der Waals surface area contributed by atoms with Gasteiger partial charge in [0.2, 0.25) is 11.8 Å². The van der Waals surface area contributed by atoms with Gasteiger partial charge in [-0.15, -0.1) is 10.2 Å². The van der Waals surface area contributed by atoms with Crippen molar-refractivity contribution < 1.29 is 4.42 Å². The van der Waals surface area contributed by atoms with E-state index < -0.39 is 0 Å². The van der Waals surface area contributed by atoms with Gasteiger partial charge >= 0.3 is 0 Å². The van der Waals surface area contributed by atoms with Crippen LogP contribution in [0.15, 0.2) is 4.42 Å². The summed E-state index contributed by atoms with van der Waals surface area (Å²) >= 11 is 0. The van der Waals surface area contributed by atoms with Crippen LogP contribution in [0.4, 0.5) is 0 Å². The van der Waals surface area contributed by atoms with E-state index in [0.717, 1.165) is 0 Å². The second-order valence-corrected chi connectivity index (χ2v) is 3.96. The van der Waals surface area contributed by atoms with Gasteiger partial charge in [-0.05, 0) is 12.8 Å². The van der Waals surface area contributed by atoms with E-state index in [9.17, 15) is 0 Å². The number of hydrogen-bond acceptors (Lipinski definition) is 4. The molecule has 0 saturated heterocycles. The fourth-order valence-electron chi connectivity index (χ4n) is 1.82. The molecular formula is C11H21N3O. The maximum absolute atomic E-state index is 5.30. The predicted octanol–water partition coefficient (Wildman–Crippen LogP) is 2.29. The van der Waals surface area contributed by atoms with E-state index in [1.54, 1.807) is 6.92 Å². The Hall–Kier alpha value is -0.900. The van der Waals surface area contributed by atoms with Gasteiger partial charge in [0.25, 0.3) is 0 Å². The molecule has 0 aliphatic rings. The van der Waals surface area contributed by atoms with Crippen molar-refractivity contribution in [2.24, 2.45) is 5.92 Å². The molecule has 1 N–H and O–H groups in total. The summed E-state index contributed by atoms with van der Waals surface area (Å²) in [4.78, 5) is 0. The average molecular weight is 211 g/mol. The highest BCUT2D eigenvalue weighted by Crippen LogP contribution is 2.12. The molecule has 1 atom stereocenters. The molecule has 1 rings (SSSR count). The smallest absolute Gasteiger partial charge is 0.230 e. The Labute approximate surface area is 91.5 Å². The SMILES string of the molecule is CCC(CC)C(C)NCc1nnc(C)o1. The van der Waals surface area contributed by atoms with Crippen LogP contribution in [0.5, 0.6) is 0 Å². The van der Waals surface area contributed by atoms with E-state index in [0.29, 0.717) is 30.3 Å². The molecule has 1 unspecified atom stereocenters. The van der Waals surface area contributed by atoms with Crippen LogP contribution in [0.1, 0.15) is 45.4 Å². The van der Waals surface area contributed by atoms with Crippen molar-refractivity contribution in [2.45, 2.75) is 53.1 Å². The van der Waals surface area contributed by atoms with Gasteiger partial charge in [0.05, 0.1) is 6.54 Å². The number of nitrogens with one attached hydrogen (secondary N) is 1. The molecule has 0 aliphatic heterocycles. The van der Waals surface area contributed by atoms with Gasteiger partial charge in [-0.1, -0.05) is 26.7 Å². The van der Waals surface area contributed by atoms with Gasteiger partial charge in [0, 0.05) is 13.0 Å². The lowest BCUT2D eigenvalue weighted by Gasteiger charge is -2.21. The molecule has 0 bridgehead atoms. The highest BCUT2D eigenvalue weighted by atomic mass is 16.4. The summed E-state index contributed by atoms with van der Waals surface area (Å²) in [5, 5.41) is 11.2. The first-order valence-electron chi connectivity index (χ1n) is 5.69. The van der Waals surface area contributed by atoms with E-state index in [-0.39, 0.29) is 0 Å². The van der Waals surface area contributed by atoms with Crippen LogP contribution in [0.2, 0.25) is 0 Å². The Balaban J connectivity index is 2.36. The van der Waals surface area contributed by atoms with Gasteiger partial charge in [0.1, 0.15) is 0 Å². The van der Waals surface area contributed by atoms with Crippen molar-refractivity contribution in [2.75, 3.05) is 0 Å². The summed E-state index contributed by atoms with van der Waals surface area (Å²) in [6.45, 7) is 9.13. The summed E-state index contributed by atoms with van der Waals surface area (Å²) < 4.78 is 5.30. The number of nitrogens with zero attached hydrogens (tertiary/aromatic N) is 2. The number of rotatable bonds is 6. The van der Waals surface area contributed by atoms with E-state index in [2.05, 4.69) is 36.3 Å². The topological polar surface area (TPSA) is 51.0 Å². The molecule has 4 nitrogen and oxygen atoms in total. The minimum atomic E-state index is 0.493. The monoisotopic (exact) mass is 211 g/mol. The van der Waals surface area contributed by atoms with E-state index in [1.807, 2.05) is 0 Å². The first-order chi connectivity index (χ1) is 7.17. The summed E-state index contributed by atoms with van der Waals surface area (Å²) in [5.74, 6) is 2.02. The fourth-order valence-corrected chi connectivity index (χ4v) is 1.82. The van der Waals surface area contributed by atoms with Crippen LogP contribution in [0, 0.1) is 12.8 Å². The zero-order valence-corrected chi connectivity index (χ0v) is 10.1. The first kappa shape index (κ1) is 12.2. The number of aromatic nitrogens is 2. The van der Waals surface area contributed by atoms with Gasteiger partial charge in [-0.2, -0.15) is 0 Å². The maximum Gasteiger partial charge on any atom is 0.230 e. The third kappa shape index (κ3) is 3.63. The average Bonchev–Trinajstić information content (AvgIpc) is 2.63. The van der Waals surface area contributed by atoms with Crippen molar-refractivity contribution in [3.63, 3.8) is 0 Å². The van der Waals surface area contributed by atoms with Crippen LogP contribution in [-0.2, 0) is 6.54 Å². The van der Waals surface area contributed by atoms with E-state index >= 15 is 0 Å². The summed E-state index contributed by atoms with van der Waals surface area (Å²) in [7, 11) is 0. The molecule has 0 saturated carbocycles. The van der Waals surface area contributed by atoms with Crippen LogP contribution >= 0.6 is 0 Å². The largest absolute Gasteiger partial charge is 0.424 e. The Kier molecular flexibility index (Phi) is 4.75. The van der Waals surface area contributed by atoms with Gasteiger partial charge in [-0.3, -0.25) is 0 Å². The van der Waals surface area contributed by atoms with Crippen LogP contribution in [0.25, 0.3) is 0 Å². The fraction of sp³-hybridized carbons (Fsp3) is 0.818. The predicted molar refractivity (Wildman–Crippen MR) is 59.4 cm³/mol. The Morgan fingerprint density at radius 1 is 1.27 bits per heavy atom. The summed E-state index contributed by atoms with van der Waals surface area (Å²) in [6, 6.07) is 0.493. The molecule has 4 heteroatoms. The van der Waals surface area contributed by atoms with Gasteiger partial charge < -0.3 is 9.73 Å². The second kappa shape index (κ2) is 5.85. The Morgan fingerprint density at radius 2 is 1.93 bits per heavy atom. The molecule has 15 heavy (non-hydrogen) atoms. The lowest BCUT2D eigenvalue weighted by molar-refractivity contribution is 0.335. The summed E-state index contributed by atoms with van der Waals surface area (Å²) in [6.07, 6.45) is 2.40. The molecule has 1 heterocycles. The minimum Gasteiger partial charge on any atom is -0.424 e. The van der Waals surface area contributed by atoms with Crippen LogP contribution in [0.3, 0.4) is 0 Å². The van der Waals surface area contributed by atoms with Crippen LogP contribution in [-0.4, -0.2) is 16.2 Å². The first-order valence-corrected chi connectivity index (χ1v) is 5.69. The minimum absolute atomic E-state index is 0.493. The second-order valence-electron chi connectivity index (χ2n) is 3.96. The maximum atomic E-state index is 5.30. The lowest BCUT2D eigenvalue weighted by Crippen LogP contribution is -2.32. The van der Waals surface area contributed by atoms with Crippen LogP contribution < -0.4 is 5.32 Å². The third-order valence-corrected chi connectivity index (χ3v) is 2.90. The number of hydrogen-bond donors (Lipinski definition) is 1. The standard InChI is InChI=1S/C11H21N3O/c1-5-10(6-2)8(3)12-7-11-14-13-9(4)15-11/h8,10,12H,5-7H2,1-4H3. The molecule has 0 spiro atoms.